The second kappa shape index (κ2) is 12.9. The number of esters is 2. The monoisotopic (exact) mass is 624 g/mol. The van der Waals surface area contributed by atoms with Crippen LogP contribution in [0.15, 0.2) is 65.6 Å². The van der Waals surface area contributed by atoms with Gasteiger partial charge in [0.1, 0.15) is 12.4 Å². The average Bonchev–Trinajstić information content (AvgIpc) is 3.04. The van der Waals surface area contributed by atoms with Crippen molar-refractivity contribution in [3.63, 3.8) is 0 Å². The minimum absolute atomic E-state index is 0.262. The lowest BCUT2D eigenvalue weighted by molar-refractivity contribution is -0.153. The number of nitrogens with zero attached hydrogens (tertiary/aromatic N) is 1. The predicted octanol–water partition coefficient (Wildman–Crippen LogP) is 5.81. The zero-order valence-electron chi connectivity index (χ0n) is 21.9. The standard InChI is InChI=1S/C28H27Cl3N2O6S/c1-16(32-14-23(35)38-15-28(29,30)31)33-22-13-10-18-6-4-5-7-21(18)26(22)40-25(24(27(33)36)39-17(2)34)19-8-11-20(37-3)12-9-19/h4-13,16,24-25,32H,14-15H2,1-3H3. The first-order chi connectivity index (χ1) is 19.0. The molecule has 1 aliphatic rings. The average molecular weight is 626 g/mol. The fourth-order valence-electron chi connectivity index (χ4n) is 4.38. The van der Waals surface area contributed by atoms with Gasteiger partial charge in [-0.25, -0.2) is 0 Å². The highest BCUT2D eigenvalue weighted by Gasteiger charge is 2.43. The molecule has 0 aliphatic carbocycles. The summed E-state index contributed by atoms with van der Waals surface area (Å²) >= 11 is 18.5. The molecule has 3 atom stereocenters. The molecule has 3 aromatic carbocycles. The predicted molar refractivity (Wildman–Crippen MR) is 157 cm³/mol. The molecule has 3 unspecified atom stereocenters. The topological polar surface area (TPSA) is 94.2 Å². The van der Waals surface area contributed by atoms with Crippen molar-refractivity contribution in [2.45, 2.75) is 40.1 Å². The summed E-state index contributed by atoms with van der Waals surface area (Å²) in [6.07, 6.45) is -1.87. The number of ether oxygens (including phenoxy) is 3. The van der Waals surface area contributed by atoms with E-state index >= 15 is 0 Å². The maximum atomic E-state index is 14.2. The summed E-state index contributed by atoms with van der Waals surface area (Å²) in [4.78, 5) is 41.1. The Balaban J connectivity index is 1.76. The van der Waals surface area contributed by atoms with E-state index < -0.39 is 45.8 Å². The van der Waals surface area contributed by atoms with Crippen molar-refractivity contribution < 1.29 is 28.6 Å². The number of thioether (sulfide) groups is 1. The van der Waals surface area contributed by atoms with Crippen molar-refractivity contribution >= 4 is 80.9 Å². The van der Waals surface area contributed by atoms with E-state index in [1.165, 1.54) is 23.6 Å². The molecule has 0 saturated carbocycles. The molecule has 4 rings (SSSR count). The van der Waals surface area contributed by atoms with E-state index in [0.29, 0.717) is 11.4 Å². The molecule has 1 heterocycles. The largest absolute Gasteiger partial charge is 0.497 e. The lowest BCUT2D eigenvalue weighted by Gasteiger charge is -2.32. The van der Waals surface area contributed by atoms with Crippen molar-refractivity contribution in [2.75, 3.05) is 25.2 Å². The number of methoxy groups -OCH3 is 1. The molecule has 1 N–H and O–H groups in total. The number of benzene rings is 3. The van der Waals surface area contributed by atoms with Crippen molar-refractivity contribution in [1.29, 1.82) is 0 Å². The van der Waals surface area contributed by atoms with E-state index in [1.807, 2.05) is 48.5 Å². The Morgan fingerprint density at radius 1 is 1.07 bits per heavy atom. The molecule has 12 heteroatoms. The maximum Gasteiger partial charge on any atom is 0.320 e. The number of nitrogens with one attached hydrogen (secondary N) is 1. The molecule has 0 spiro atoms. The van der Waals surface area contributed by atoms with Gasteiger partial charge in [0.2, 0.25) is 3.79 Å². The van der Waals surface area contributed by atoms with Crippen LogP contribution in [0.3, 0.4) is 0 Å². The van der Waals surface area contributed by atoms with E-state index in [4.69, 9.17) is 49.0 Å². The van der Waals surface area contributed by atoms with E-state index in [9.17, 15) is 14.4 Å². The summed E-state index contributed by atoms with van der Waals surface area (Å²) in [5.41, 5.74) is 1.39. The Morgan fingerprint density at radius 2 is 1.77 bits per heavy atom. The van der Waals surface area contributed by atoms with Gasteiger partial charge < -0.3 is 14.2 Å². The number of hydrogen-bond acceptors (Lipinski definition) is 8. The van der Waals surface area contributed by atoms with Gasteiger partial charge in [-0.3, -0.25) is 24.6 Å². The number of alkyl halides is 3. The highest BCUT2D eigenvalue weighted by atomic mass is 35.6. The van der Waals surface area contributed by atoms with Crippen molar-refractivity contribution in [1.82, 2.24) is 5.32 Å². The van der Waals surface area contributed by atoms with Gasteiger partial charge in [-0.1, -0.05) is 77.3 Å². The van der Waals surface area contributed by atoms with Crippen LogP contribution >= 0.6 is 46.6 Å². The Morgan fingerprint density at radius 3 is 2.42 bits per heavy atom. The van der Waals surface area contributed by atoms with Gasteiger partial charge in [0.25, 0.3) is 5.91 Å². The highest BCUT2D eigenvalue weighted by molar-refractivity contribution is 8.00. The van der Waals surface area contributed by atoms with Crippen LogP contribution in [-0.4, -0.2) is 54.2 Å². The van der Waals surface area contributed by atoms with Gasteiger partial charge in [-0.15, -0.1) is 11.8 Å². The lowest BCUT2D eigenvalue weighted by Crippen LogP contribution is -2.53. The minimum atomic E-state index is -1.74. The summed E-state index contributed by atoms with van der Waals surface area (Å²) in [5, 5.41) is 4.36. The number of hydrogen-bond donors (Lipinski definition) is 1. The van der Waals surface area contributed by atoms with Crippen LogP contribution in [0.2, 0.25) is 0 Å². The van der Waals surface area contributed by atoms with Crippen LogP contribution in [0, 0.1) is 0 Å². The Labute approximate surface area is 251 Å². The smallest absolute Gasteiger partial charge is 0.320 e. The van der Waals surface area contributed by atoms with Crippen LogP contribution < -0.4 is 15.0 Å². The Bertz CT molecular complexity index is 1400. The van der Waals surface area contributed by atoms with Crippen molar-refractivity contribution in [3.05, 3.63) is 66.2 Å². The van der Waals surface area contributed by atoms with E-state index in [1.54, 1.807) is 26.2 Å². The first-order valence-corrected chi connectivity index (χ1v) is 14.3. The first kappa shape index (κ1) is 30.3. The van der Waals surface area contributed by atoms with Crippen molar-refractivity contribution in [3.8, 4) is 5.75 Å². The second-order valence-electron chi connectivity index (χ2n) is 9.02. The fraction of sp³-hybridized carbons (Fsp3) is 0.321. The molecule has 212 valence electrons. The minimum Gasteiger partial charge on any atom is -0.497 e. The molecule has 1 amide bonds. The summed E-state index contributed by atoms with van der Waals surface area (Å²) in [5.74, 6) is -1.05. The molecule has 8 nitrogen and oxygen atoms in total. The van der Waals surface area contributed by atoms with Crippen LogP contribution in [0.4, 0.5) is 5.69 Å². The fourth-order valence-corrected chi connectivity index (χ4v) is 5.99. The first-order valence-electron chi connectivity index (χ1n) is 12.3. The molecular weight excluding hydrogens is 599 g/mol. The quantitative estimate of drug-likeness (QED) is 0.248. The SMILES string of the molecule is COc1ccc(C2Sc3c(ccc4ccccc34)N(C(C)NCC(=O)OCC(Cl)(Cl)Cl)C(=O)C2OC(C)=O)cc1. The maximum absolute atomic E-state index is 14.2. The van der Waals surface area contributed by atoms with E-state index in [2.05, 4.69) is 5.32 Å². The number of halogens is 3. The number of carbonyl (C=O) groups excluding carboxylic acids is 3. The summed E-state index contributed by atoms with van der Waals surface area (Å²) < 4.78 is 14.3. The van der Waals surface area contributed by atoms with Crippen LogP contribution in [0.5, 0.6) is 5.75 Å². The Kier molecular flexibility index (Phi) is 9.74. The lowest BCUT2D eigenvalue weighted by atomic mass is 10.0. The molecule has 0 aromatic heterocycles. The third-order valence-corrected chi connectivity index (χ3v) is 7.95. The molecule has 3 aromatic rings. The summed E-state index contributed by atoms with van der Waals surface area (Å²) in [6.45, 7) is 2.31. The van der Waals surface area contributed by atoms with E-state index in [-0.39, 0.29) is 6.54 Å². The number of anilines is 1. The zero-order chi connectivity index (χ0) is 29.0. The zero-order valence-corrected chi connectivity index (χ0v) is 24.9. The van der Waals surface area contributed by atoms with Gasteiger partial charge in [0.05, 0.1) is 30.8 Å². The third-order valence-electron chi connectivity index (χ3n) is 6.18. The summed E-state index contributed by atoms with van der Waals surface area (Å²) in [7, 11) is 1.57. The van der Waals surface area contributed by atoms with Gasteiger partial charge in [-0.05, 0) is 41.5 Å². The molecule has 0 fully saturated rings. The van der Waals surface area contributed by atoms with Crippen molar-refractivity contribution in [2.24, 2.45) is 0 Å². The van der Waals surface area contributed by atoms with Crippen LogP contribution in [0.25, 0.3) is 10.8 Å². The highest BCUT2D eigenvalue weighted by Crippen LogP contribution is 2.50. The van der Waals surface area contributed by atoms with E-state index in [0.717, 1.165) is 21.2 Å². The van der Waals surface area contributed by atoms with Gasteiger partial charge in [0.15, 0.2) is 6.10 Å². The molecule has 0 bridgehead atoms. The number of amides is 1. The van der Waals surface area contributed by atoms with Crippen LogP contribution in [0.1, 0.15) is 24.7 Å². The molecule has 1 aliphatic heterocycles. The normalized spacial score (nSPS) is 18.1. The van der Waals surface area contributed by atoms with Gasteiger partial charge in [0, 0.05) is 11.8 Å². The third kappa shape index (κ3) is 7.14. The molecular formula is C28H27Cl3N2O6S. The molecule has 0 radical (unpaired) electrons. The number of fused-ring (bicyclic) bond motifs is 3. The number of carbonyl (C=O) groups is 3. The summed E-state index contributed by atoms with van der Waals surface area (Å²) in [6, 6.07) is 18.9. The molecule has 40 heavy (non-hydrogen) atoms. The number of rotatable bonds is 8. The van der Waals surface area contributed by atoms with Gasteiger partial charge >= 0.3 is 11.9 Å². The Hall–Kier alpha value is -2.69. The van der Waals surface area contributed by atoms with Gasteiger partial charge in [-0.2, -0.15) is 0 Å². The molecule has 0 saturated heterocycles. The second-order valence-corrected chi connectivity index (χ2v) is 12.7. The van der Waals surface area contributed by atoms with Crippen LogP contribution in [-0.2, 0) is 23.9 Å².